The highest BCUT2D eigenvalue weighted by molar-refractivity contribution is 5.84. The molecule has 0 atom stereocenters. The first kappa shape index (κ1) is 12.1. The zero-order chi connectivity index (χ0) is 8.78. The lowest BCUT2D eigenvalue weighted by Gasteiger charge is -2.14. The molecule has 0 spiro atoms. The van der Waals surface area contributed by atoms with Gasteiger partial charge in [0.2, 0.25) is 5.91 Å². The quantitative estimate of drug-likeness (QED) is 0.566. The third-order valence-corrected chi connectivity index (χ3v) is 0.812. The fourth-order valence-corrected chi connectivity index (χ4v) is 0.322. The summed E-state index contributed by atoms with van der Waals surface area (Å²) in [4.78, 5) is 10.6. The van der Waals surface area contributed by atoms with Gasteiger partial charge >= 0.3 is 0 Å². The number of hydrogen-bond acceptors (Lipinski definition) is 2. The summed E-state index contributed by atoms with van der Waals surface area (Å²) in [6.45, 7) is 7.32. The van der Waals surface area contributed by atoms with E-state index in [9.17, 15) is 4.79 Å². The Kier molecular flexibility index (Phi) is 6.35. The Morgan fingerprint density at radius 2 is 1.70 bits per heavy atom. The van der Waals surface area contributed by atoms with E-state index in [2.05, 4.69) is 5.32 Å². The van der Waals surface area contributed by atoms with E-state index >= 15 is 0 Å². The number of likely N-dealkylation sites (N-methyl/N-ethyl adjacent to an activating group) is 1. The van der Waals surface area contributed by atoms with Crippen LogP contribution in [0.3, 0.4) is 0 Å². The van der Waals surface area contributed by atoms with Crippen LogP contribution in [-0.2, 0) is 4.79 Å². The van der Waals surface area contributed by atoms with Crippen molar-refractivity contribution in [2.45, 2.75) is 33.2 Å². The van der Waals surface area contributed by atoms with Crippen molar-refractivity contribution in [1.82, 2.24) is 5.32 Å². The lowest BCUT2D eigenvalue weighted by molar-refractivity contribution is -0.124. The van der Waals surface area contributed by atoms with Crippen molar-refractivity contribution in [3.05, 3.63) is 0 Å². The van der Waals surface area contributed by atoms with Crippen LogP contribution < -0.4 is 11.1 Å². The molecule has 0 aliphatic heterocycles. The molecule has 0 saturated heterocycles. The van der Waals surface area contributed by atoms with Gasteiger partial charge in [0, 0.05) is 7.05 Å². The van der Waals surface area contributed by atoms with Gasteiger partial charge in [-0.2, -0.15) is 0 Å². The number of nitrogens with two attached hydrogens (primary N) is 1. The summed E-state index contributed by atoms with van der Waals surface area (Å²) in [6.07, 6.45) is 0. The van der Waals surface area contributed by atoms with Crippen LogP contribution in [0, 0.1) is 0 Å². The molecule has 0 fully saturated rings. The van der Waals surface area contributed by atoms with Gasteiger partial charge in [0.25, 0.3) is 0 Å². The molecule has 1 amide bonds. The van der Waals surface area contributed by atoms with E-state index in [-0.39, 0.29) is 5.91 Å². The number of rotatable bonds is 1. The second-order valence-electron chi connectivity index (χ2n) is 2.30. The molecule has 3 N–H and O–H groups in total. The van der Waals surface area contributed by atoms with E-state index in [0.29, 0.717) is 0 Å². The smallest absolute Gasteiger partial charge is 0.239 e. The van der Waals surface area contributed by atoms with Gasteiger partial charge in [-0.05, 0) is 13.8 Å². The van der Waals surface area contributed by atoms with Crippen LogP contribution in [0.15, 0.2) is 0 Å². The molecule has 0 saturated carbocycles. The van der Waals surface area contributed by atoms with Crippen LogP contribution >= 0.6 is 0 Å². The summed E-state index contributed by atoms with van der Waals surface area (Å²) < 4.78 is 0. The van der Waals surface area contributed by atoms with Crippen LogP contribution in [-0.4, -0.2) is 18.5 Å². The number of carbonyl (C=O) groups is 1. The Labute approximate surface area is 63.0 Å². The fourth-order valence-electron chi connectivity index (χ4n) is 0.322. The van der Waals surface area contributed by atoms with Gasteiger partial charge in [0.1, 0.15) is 0 Å². The van der Waals surface area contributed by atoms with E-state index in [0.717, 1.165) is 0 Å². The van der Waals surface area contributed by atoms with Gasteiger partial charge in [-0.15, -0.1) is 0 Å². The largest absolute Gasteiger partial charge is 0.358 e. The number of amides is 1. The molecule has 3 heteroatoms. The zero-order valence-corrected chi connectivity index (χ0v) is 7.49. The Bertz CT molecular complexity index is 94.3. The maximum Gasteiger partial charge on any atom is 0.239 e. The van der Waals surface area contributed by atoms with E-state index in [1.807, 2.05) is 13.8 Å². The summed E-state index contributed by atoms with van der Waals surface area (Å²) in [5.41, 5.74) is 4.64. The van der Waals surface area contributed by atoms with Crippen LogP contribution in [0.2, 0.25) is 0 Å². The molecular formula is C7H18N2O. The minimum Gasteiger partial charge on any atom is -0.358 e. The molecule has 10 heavy (non-hydrogen) atoms. The molecule has 0 aliphatic carbocycles. The number of nitrogens with one attached hydrogen (secondary N) is 1. The highest BCUT2D eigenvalue weighted by atomic mass is 16.2. The van der Waals surface area contributed by atoms with E-state index < -0.39 is 5.54 Å². The van der Waals surface area contributed by atoms with Gasteiger partial charge < -0.3 is 11.1 Å². The fraction of sp³-hybridized carbons (Fsp3) is 0.857. The summed E-state index contributed by atoms with van der Waals surface area (Å²) in [7, 11) is 1.57. The zero-order valence-electron chi connectivity index (χ0n) is 7.49. The van der Waals surface area contributed by atoms with Crippen LogP contribution in [0.25, 0.3) is 0 Å². The SMILES string of the molecule is CC.CNC(=O)C(C)(C)N. The van der Waals surface area contributed by atoms with Crippen molar-refractivity contribution in [1.29, 1.82) is 0 Å². The summed E-state index contributed by atoms with van der Waals surface area (Å²) in [5, 5.41) is 2.44. The van der Waals surface area contributed by atoms with Gasteiger partial charge in [-0.25, -0.2) is 0 Å². The monoisotopic (exact) mass is 146 g/mol. The van der Waals surface area contributed by atoms with Crippen molar-refractivity contribution in [2.75, 3.05) is 7.05 Å². The molecule has 0 aliphatic rings. The number of carbonyl (C=O) groups excluding carboxylic acids is 1. The molecule has 0 heterocycles. The molecule has 0 aromatic heterocycles. The highest BCUT2D eigenvalue weighted by Gasteiger charge is 2.19. The van der Waals surface area contributed by atoms with E-state index in [4.69, 9.17) is 5.73 Å². The minimum absolute atomic E-state index is 0.141. The lowest BCUT2D eigenvalue weighted by atomic mass is 10.1. The first-order valence-electron chi connectivity index (χ1n) is 3.49. The first-order chi connectivity index (χ1) is 4.48. The maximum absolute atomic E-state index is 10.6. The summed E-state index contributed by atoms with van der Waals surface area (Å²) in [6, 6.07) is 0. The predicted molar refractivity (Wildman–Crippen MR) is 43.7 cm³/mol. The average molecular weight is 146 g/mol. The Morgan fingerprint density at radius 1 is 1.40 bits per heavy atom. The maximum atomic E-state index is 10.6. The standard InChI is InChI=1S/C5H12N2O.C2H6/c1-5(2,6)4(8)7-3;1-2/h6H2,1-3H3,(H,7,8);1-2H3. The van der Waals surface area contributed by atoms with E-state index in [1.54, 1.807) is 20.9 Å². The van der Waals surface area contributed by atoms with Crippen molar-refractivity contribution in [3.63, 3.8) is 0 Å². The molecule has 62 valence electrons. The Morgan fingerprint density at radius 3 is 1.70 bits per heavy atom. The molecule has 0 unspecified atom stereocenters. The highest BCUT2D eigenvalue weighted by Crippen LogP contribution is 1.93. The first-order valence-corrected chi connectivity index (χ1v) is 3.49. The third kappa shape index (κ3) is 5.56. The second kappa shape index (κ2) is 5.23. The van der Waals surface area contributed by atoms with Crippen molar-refractivity contribution in [3.8, 4) is 0 Å². The summed E-state index contributed by atoms with van der Waals surface area (Å²) >= 11 is 0. The molecule has 0 rings (SSSR count). The summed E-state index contributed by atoms with van der Waals surface area (Å²) in [5.74, 6) is -0.141. The van der Waals surface area contributed by atoms with Gasteiger partial charge in [-0.1, -0.05) is 13.8 Å². The Hall–Kier alpha value is -0.570. The molecule has 0 bridgehead atoms. The van der Waals surface area contributed by atoms with Crippen molar-refractivity contribution in [2.24, 2.45) is 5.73 Å². The lowest BCUT2D eigenvalue weighted by Crippen LogP contribution is -2.47. The minimum atomic E-state index is -0.741. The Balaban J connectivity index is 0. The van der Waals surface area contributed by atoms with Crippen LogP contribution in [0.5, 0.6) is 0 Å². The second-order valence-corrected chi connectivity index (χ2v) is 2.30. The molecule has 0 aromatic carbocycles. The van der Waals surface area contributed by atoms with Crippen molar-refractivity contribution >= 4 is 5.91 Å². The van der Waals surface area contributed by atoms with Crippen molar-refractivity contribution < 1.29 is 4.79 Å². The van der Waals surface area contributed by atoms with E-state index in [1.165, 1.54) is 0 Å². The molecular weight excluding hydrogens is 128 g/mol. The topological polar surface area (TPSA) is 55.1 Å². The average Bonchev–Trinajstić information content (AvgIpc) is 1.89. The van der Waals surface area contributed by atoms with Crippen LogP contribution in [0.4, 0.5) is 0 Å². The van der Waals surface area contributed by atoms with Gasteiger partial charge in [0.15, 0.2) is 0 Å². The molecule has 0 aromatic rings. The van der Waals surface area contributed by atoms with Gasteiger partial charge in [-0.3, -0.25) is 4.79 Å². The molecule has 0 radical (unpaired) electrons. The van der Waals surface area contributed by atoms with Crippen LogP contribution in [0.1, 0.15) is 27.7 Å². The number of hydrogen-bond donors (Lipinski definition) is 2. The van der Waals surface area contributed by atoms with Gasteiger partial charge in [0.05, 0.1) is 5.54 Å². The normalized spacial score (nSPS) is 9.40. The predicted octanol–water partition coefficient (Wildman–Crippen LogP) is 0.496. The molecule has 3 nitrogen and oxygen atoms in total. The third-order valence-electron chi connectivity index (χ3n) is 0.812.